The SMILES string of the molecule is CCC(C)Oc1cccc(NC(=O)C2CCCC(C)N2)c1. The Bertz CT molecular complexity index is 476. The fourth-order valence-electron chi connectivity index (χ4n) is 2.54. The molecule has 0 aromatic heterocycles. The Kier molecular flexibility index (Phi) is 5.62. The molecule has 1 aromatic rings. The highest BCUT2D eigenvalue weighted by molar-refractivity contribution is 5.95. The zero-order valence-corrected chi connectivity index (χ0v) is 13.2. The number of amides is 1. The number of ether oxygens (including phenoxy) is 1. The first-order chi connectivity index (χ1) is 10.1. The van der Waals surface area contributed by atoms with Gasteiger partial charge in [0.1, 0.15) is 5.75 Å². The lowest BCUT2D eigenvalue weighted by molar-refractivity contribution is -0.118. The molecule has 1 saturated heterocycles. The first-order valence-corrected chi connectivity index (χ1v) is 7.92. The average Bonchev–Trinajstić information content (AvgIpc) is 2.47. The fraction of sp³-hybridized carbons (Fsp3) is 0.588. The summed E-state index contributed by atoms with van der Waals surface area (Å²) in [5.41, 5.74) is 0.792. The van der Waals surface area contributed by atoms with E-state index in [4.69, 9.17) is 4.74 Å². The molecule has 0 radical (unpaired) electrons. The van der Waals surface area contributed by atoms with Crippen molar-refractivity contribution < 1.29 is 9.53 Å². The van der Waals surface area contributed by atoms with Crippen LogP contribution in [0, 0.1) is 0 Å². The van der Waals surface area contributed by atoms with Crippen molar-refractivity contribution in [3.8, 4) is 5.75 Å². The van der Waals surface area contributed by atoms with E-state index in [1.54, 1.807) is 0 Å². The predicted octanol–water partition coefficient (Wildman–Crippen LogP) is 3.33. The van der Waals surface area contributed by atoms with Gasteiger partial charge in [0.25, 0.3) is 0 Å². The van der Waals surface area contributed by atoms with Crippen molar-refractivity contribution in [2.75, 3.05) is 5.32 Å². The van der Waals surface area contributed by atoms with Crippen LogP contribution in [0.2, 0.25) is 0 Å². The molecular formula is C17H26N2O2. The highest BCUT2D eigenvalue weighted by Gasteiger charge is 2.24. The monoisotopic (exact) mass is 290 g/mol. The Morgan fingerprint density at radius 1 is 1.48 bits per heavy atom. The Morgan fingerprint density at radius 2 is 2.29 bits per heavy atom. The first kappa shape index (κ1) is 15.8. The van der Waals surface area contributed by atoms with Crippen LogP contribution < -0.4 is 15.4 Å². The highest BCUT2D eigenvalue weighted by atomic mass is 16.5. The largest absolute Gasteiger partial charge is 0.491 e. The number of hydrogen-bond acceptors (Lipinski definition) is 3. The topological polar surface area (TPSA) is 50.4 Å². The molecule has 3 unspecified atom stereocenters. The van der Waals surface area contributed by atoms with Gasteiger partial charge in [0, 0.05) is 17.8 Å². The second-order valence-corrected chi connectivity index (χ2v) is 5.91. The van der Waals surface area contributed by atoms with Crippen LogP contribution in [0.15, 0.2) is 24.3 Å². The summed E-state index contributed by atoms with van der Waals surface area (Å²) in [7, 11) is 0. The minimum absolute atomic E-state index is 0.0437. The van der Waals surface area contributed by atoms with Gasteiger partial charge >= 0.3 is 0 Å². The number of hydrogen-bond donors (Lipinski definition) is 2. The molecule has 1 amide bonds. The lowest BCUT2D eigenvalue weighted by Crippen LogP contribution is -2.47. The molecule has 0 bridgehead atoms. The van der Waals surface area contributed by atoms with Gasteiger partial charge in [-0.3, -0.25) is 4.79 Å². The summed E-state index contributed by atoms with van der Waals surface area (Å²) in [6.45, 7) is 6.25. The zero-order chi connectivity index (χ0) is 15.2. The minimum Gasteiger partial charge on any atom is -0.491 e. The van der Waals surface area contributed by atoms with Crippen molar-refractivity contribution in [1.29, 1.82) is 0 Å². The van der Waals surface area contributed by atoms with E-state index < -0.39 is 0 Å². The van der Waals surface area contributed by atoms with Crippen LogP contribution >= 0.6 is 0 Å². The summed E-state index contributed by atoms with van der Waals surface area (Å²) < 4.78 is 5.78. The molecule has 1 aliphatic rings. The predicted molar refractivity (Wildman–Crippen MR) is 85.7 cm³/mol. The number of rotatable bonds is 5. The molecule has 0 saturated carbocycles. The molecule has 2 rings (SSSR count). The molecular weight excluding hydrogens is 264 g/mol. The normalized spacial score (nSPS) is 23.4. The van der Waals surface area contributed by atoms with Crippen LogP contribution in [-0.2, 0) is 4.79 Å². The molecule has 4 nitrogen and oxygen atoms in total. The van der Waals surface area contributed by atoms with Crippen molar-refractivity contribution in [3.05, 3.63) is 24.3 Å². The fourth-order valence-corrected chi connectivity index (χ4v) is 2.54. The number of carbonyl (C=O) groups excluding carboxylic acids is 1. The van der Waals surface area contributed by atoms with Crippen LogP contribution in [0.3, 0.4) is 0 Å². The van der Waals surface area contributed by atoms with Gasteiger partial charge in [-0.15, -0.1) is 0 Å². The molecule has 0 spiro atoms. The molecule has 4 heteroatoms. The molecule has 1 heterocycles. The Morgan fingerprint density at radius 3 is 3.00 bits per heavy atom. The van der Waals surface area contributed by atoms with E-state index >= 15 is 0 Å². The second-order valence-electron chi connectivity index (χ2n) is 5.91. The smallest absolute Gasteiger partial charge is 0.241 e. The van der Waals surface area contributed by atoms with Gasteiger partial charge in [-0.1, -0.05) is 13.0 Å². The van der Waals surface area contributed by atoms with Gasteiger partial charge in [0.15, 0.2) is 0 Å². The molecule has 116 valence electrons. The zero-order valence-electron chi connectivity index (χ0n) is 13.2. The standard InChI is InChI=1S/C17H26N2O2/c1-4-13(3)21-15-9-6-8-14(11-15)19-17(20)16-10-5-7-12(2)18-16/h6,8-9,11-13,16,18H,4-5,7,10H2,1-3H3,(H,19,20). The van der Waals surface area contributed by atoms with E-state index in [2.05, 4.69) is 24.5 Å². The van der Waals surface area contributed by atoms with Gasteiger partial charge in [-0.05, 0) is 51.7 Å². The van der Waals surface area contributed by atoms with E-state index in [0.29, 0.717) is 6.04 Å². The Hall–Kier alpha value is -1.55. The van der Waals surface area contributed by atoms with E-state index in [0.717, 1.165) is 37.1 Å². The van der Waals surface area contributed by atoms with E-state index in [1.807, 2.05) is 31.2 Å². The van der Waals surface area contributed by atoms with Crippen LogP contribution in [-0.4, -0.2) is 24.1 Å². The molecule has 1 fully saturated rings. The summed E-state index contributed by atoms with van der Waals surface area (Å²) in [4.78, 5) is 12.3. The summed E-state index contributed by atoms with van der Waals surface area (Å²) >= 11 is 0. The van der Waals surface area contributed by atoms with Gasteiger partial charge in [0.05, 0.1) is 12.1 Å². The van der Waals surface area contributed by atoms with Gasteiger partial charge in [0.2, 0.25) is 5.91 Å². The number of piperidine rings is 1. The van der Waals surface area contributed by atoms with E-state index in [-0.39, 0.29) is 18.1 Å². The molecule has 0 aliphatic carbocycles. The molecule has 3 atom stereocenters. The number of anilines is 1. The lowest BCUT2D eigenvalue weighted by Gasteiger charge is -2.27. The number of benzene rings is 1. The third kappa shape index (κ3) is 4.74. The van der Waals surface area contributed by atoms with Crippen molar-refractivity contribution in [1.82, 2.24) is 5.32 Å². The first-order valence-electron chi connectivity index (χ1n) is 7.92. The second kappa shape index (κ2) is 7.46. The average molecular weight is 290 g/mol. The quantitative estimate of drug-likeness (QED) is 0.874. The van der Waals surface area contributed by atoms with Crippen molar-refractivity contribution in [2.24, 2.45) is 0 Å². The van der Waals surface area contributed by atoms with Crippen LogP contribution in [0.1, 0.15) is 46.5 Å². The highest BCUT2D eigenvalue weighted by Crippen LogP contribution is 2.20. The third-order valence-corrected chi connectivity index (χ3v) is 3.95. The maximum absolute atomic E-state index is 12.3. The van der Waals surface area contributed by atoms with Crippen molar-refractivity contribution in [2.45, 2.75) is 64.6 Å². The maximum Gasteiger partial charge on any atom is 0.241 e. The molecule has 21 heavy (non-hydrogen) atoms. The van der Waals surface area contributed by atoms with Crippen LogP contribution in [0.25, 0.3) is 0 Å². The van der Waals surface area contributed by atoms with Crippen molar-refractivity contribution in [3.63, 3.8) is 0 Å². The summed E-state index contributed by atoms with van der Waals surface area (Å²) in [6.07, 6.45) is 4.28. The van der Waals surface area contributed by atoms with Crippen LogP contribution in [0.5, 0.6) is 5.75 Å². The third-order valence-electron chi connectivity index (χ3n) is 3.95. The Balaban J connectivity index is 1.95. The summed E-state index contributed by atoms with van der Waals surface area (Å²) in [5.74, 6) is 0.842. The maximum atomic E-state index is 12.3. The minimum atomic E-state index is -0.0899. The van der Waals surface area contributed by atoms with E-state index in [9.17, 15) is 4.79 Å². The van der Waals surface area contributed by atoms with Gasteiger partial charge in [-0.25, -0.2) is 0 Å². The van der Waals surface area contributed by atoms with E-state index in [1.165, 1.54) is 0 Å². The van der Waals surface area contributed by atoms with Gasteiger partial charge in [-0.2, -0.15) is 0 Å². The molecule has 2 N–H and O–H groups in total. The summed E-state index contributed by atoms with van der Waals surface area (Å²) in [5, 5.41) is 6.33. The number of carbonyl (C=O) groups is 1. The molecule has 1 aliphatic heterocycles. The van der Waals surface area contributed by atoms with Crippen LogP contribution in [0.4, 0.5) is 5.69 Å². The van der Waals surface area contributed by atoms with Crippen molar-refractivity contribution >= 4 is 11.6 Å². The molecule has 1 aromatic carbocycles. The summed E-state index contributed by atoms with van der Waals surface area (Å²) in [6, 6.07) is 7.93. The number of nitrogens with one attached hydrogen (secondary N) is 2. The Labute approximate surface area is 127 Å². The van der Waals surface area contributed by atoms with Gasteiger partial charge < -0.3 is 15.4 Å². The lowest BCUT2D eigenvalue weighted by atomic mass is 9.99.